The van der Waals surface area contributed by atoms with Crippen LogP contribution in [0.1, 0.15) is 26.2 Å². The molecule has 4 fully saturated rings. The van der Waals surface area contributed by atoms with Crippen LogP contribution in [0.5, 0.6) is 0 Å². The van der Waals surface area contributed by atoms with Crippen molar-refractivity contribution in [2.75, 3.05) is 70.6 Å². The highest BCUT2D eigenvalue weighted by Gasteiger charge is 2.37. The Kier molecular flexibility index (Phi) is 16.1. The van der Waals surface area contributed by atoms with Gasteiger partial charge in [0.2, 0.25) is 5.91 Å². The number of piperidine rings is 1. The highest BCUT2D eigenvalue weighted by molar-refractivity contribution is 7.99. The van der Waals surface area contributed by atoms with Gasteiger partial charge in [-0.15, -0.1) is 61.4 Å². The molecule has 4 heterocycles. The molecule has 4 aliphatic heterocycles. The van der Waals surface area contributed by atoms with Gasteiger partial charge in [0.15, 0.2) is 0 Å². The van der Waals surface area contributed by atoms with Crippen molar-refractivity contribution in [3.8, 4) is 0 Å². The average molecular weight is 571 g/mol. The molecule has 0 aromatic carbocycles. The summed E-state index contributed by atoms with van der Waals surface area (Å²) in [5.41, 5.74) is 0. The molecule has 0 bridgehead atoms. The molecule has 0 radical (unpaired) electrons. The van der Waals surface area contributed by atoms with Crippen LogP contribution in [0.2, 0.25) is 0 Å². The number of amides is 2. The second-order valence-corrected chi connectivity index (χ2v) is 9.55. The molecule has 8 nitrogen and oxygen atoms in total. The predicted octanol–water partition coefficient (Wildman–Crippen LogP) is 2.18. The Labute approximate surface area is 226 Å². The number of hydrogen-bond donors (Lipinski definition) is 1. The highest BCUT2D eigenvalue weighted by Crippen LogP contribution is 2.23. The molecule has 2 atom stereocenters. The number of carbonyl (C=O) groups is 2. The van der Waals surface area contributed by atoms with Gasteiger partial charge >= 0.3 is 6.09 Å². The number of nitrogens with one attached hydrogen (secondary N) is 1. The fraction of sp³-hybridized carbons (Fsp3) is 0.900. The molecule has 0 aromatic heterocycles. The molecule has 4 rings (SSSR count). The van der Waals surface area contributed by atoms with Crippen molar-refractivity contribution in [2.24, 2.45) is 0 Å². The largest absolute Gasteiger partial charge is 0.450 e. The van der Waals surface area contributed by atoms with Gasteiger partial charge in [0, 0.05) is 70.2 Å². The number of hydrogen-bond acceptors (Lipinski definition) is 7. The molecule has 0 saturated carbocycles. The van der Waals surface area contributed by atoms with E-state index in [-0.39, 0.29) is 61.8 Å². The third kappa shape index (κ3) is 8.34. The van der Waals surface area contributed by atoms with E-state index in [4.69, 9.17) is 4.74 Å². The highest BCUT2D eigenvalue weighted by atomic mass is 35.5. The van der Waals surface area contributed by atoms with E-state index in [0.29, 0.717) is 24.6 Å². The molecule has 196 valence electrons. The lowest BCUT2D eigenvalue weighted by molar-refractivity contribution is -0.131. The quantitative estimate of drug-likeness (QED) is 0.555. The van der Waals surface area contributed by atoms with Crippen LogP contribution in [0, 0.1) is 0 Å². The number of nitrogens with zero attached hydrogens (tertiary/aromatic N) is 4. The van der Waals surface area contributed by atoms with E-state index < -0.39 is 0 Å². The number of carbonyl (C=O) groups excluding carboxylic acids is 2. The summed E-state index contributed by atoms with van der Waals surface area (Å²) in [6.45, 7) is 10.0. The van der Waals surface area contributed by atoms with Crippen LogP contribution in [0.4, 0.5) is 4.79 Å². The van der Waals surface area contributed by atoms with Gasteiger partial charge in [-0.05, 0) is 26.2 Å². The second-order valence-electron chi connectivity index (χ2n) is 8.48. The molecule has 0 aromatic rings. The van der Waals surface area contributed by atoms with Gasteiger partial charge in [0.1, 0.15) is 0 Å². The van der Waals surface area contributed by atoms with Crippen molar-refractivity contribution in [1.82, 2.24) is 24.9 Å². The zero-order valence-electron chi connectivity index (χ0n) is 19.2. The van der Waals surface area contributed by atoms with Crippen molar-refractivity contribution < 1.29 is 14.3 Å². The maximum absolute atomic E-state index is 12.6. The SMILES string of the molecule is CCOC(=O)N1CCC(N2CCN([C@@H]3CN[C@H](C(=O)N4CCSC4)C3)CC2)CC1.Cl.Cl.Cl.Cl. The Morgan fingerprint density at radius 2 is 1.48 bits per heavy atom. The van der Waals surface area contributed by atoms with Gasteiger partial charge in [0.05, 0.1) is 18.5 Å². The van der Waals surface area contributed by atoms with E-state index in [9.17, 15) is 9.59 Å². The lowest BCUT2D eigenvalue weighted by Gasteiger charge is -2.43. The van der Waals surface area contributed by atoms with E-state index in [2.05, 4.69) is 15.1 Å². The number of rotatable bonds is 4. The summed E-state index contributed by atoms with van der Waals surface area (Å²) in [6, 6.07) is 1.06. The maximum Gasteiger partial charge on any atom is 0.409 e. The summed E-state index contributed by atoms with van der Waals surface area (Å²) < 4.78 is 5.12. The minimum Gasteiger partial charge on any atom is -0.450 e. The van der Waals surface area contributed by atoms with E-state index >= 15 is 0 Å². The minimum absolute atomic E-state index is 0. The lowest BCUT2D eigenvalue weighted by atomic mass is 10.0. The van der Waals surface area contributed by atoms with Crippen LogP contribution in [-0.4, -0.2) is 120 Å². The minimum atomic E-state index is -0.166. The molecular weight excluding hydrogens is 532 g/mol. The Balaban J connectivity index is 0.00000256. The average Bonchev–Trinajstić information content (AvgIpc) is 3.46. The molecule has 1 N–H and O–H groups in total. The second kappa shape index (κ2) is 16.0. The van der Waals surface area contributed by atoms with Gasteiger partial charge in [-0.3, -0.25) is 14.6 Å². The molecule has 33 heavy (non-hydrogen) atoms. The van der Waals surface area contributed by atoms with Gasteiger partial charge in [-0.1, -0.05) is 0 Å². The molecule has 0 spiro atoms. The van der Waals surface area contributed by atoms with Crippen molar-refractivity contribution in [1.29, 1.82) is 0 Å². The van der Waals surface area contributed by atoms with Crippen LogP contribution in [0.3, 0.4) is 0 Å². The van der Waals surface area contributed by atoms with Gasteiger partial charge in [-0.2, -0.15) is 0 Å². The van der Waals surface area contributed by atoms with Gasteiger partial charge in [-0.25, -0.2) is 4.79 Å². The first-order valence-corrected chi connectivity index (χ1v) is 12.3. The van der Waals surface area contributed by atoms with Crippen molar-refractivity contribution in [3.63, 3.8) is 0 Å². The number of halogens is 4. The Hall–Kier alpha value is 0.130. The number of ether oxygens (including phenoxy) is 1. The van der Waals surface area contributed by atoms with Gasteiger partial charge in [0.25, 0.3) is 0 Å². The van der Waals surface area contributed by atoms with Crippen LogP contribution < -0.4 is 5.32 Å². The van der Waals surface area contributed by atoms with Crippen LogP contribution in [0.25, 0.3) is 0 Å². The zero-order chi connectivity index (χ0) is 20.2. The van der Waals surface area contributed by atoms with E-state index in [0.717, 1.165) is 83.3 Å². The Bertz CT molecular complexity index is 590. The molecule has 2 amide bonds. The third-order valence-corrected chi connectivity index (χ3v) is 7.81. The number of thioether (sulfide) groups is 1. The molecule has 4 saturated heterocycles. The fourth-order valence-electron chi connectivity index (χ4n) is 5.09. The van der Waals surface area contributed by atoms with Crippen molar-refractivity contribution >= 4 is 73.4 Å². The molecule has 0 unspecified atom stereocenters. The van der Waals surface area contributed by atoms with Crippen LogP contribution >= 0.6 is 61.4 Å². The van der Waals surface area contributed by atoms with Crippen LogP contribution in [-0.2, 0) is 9.53 Å². The van der Waals surface area contributed by atoms with Gasteiger partial charge < -0.3 is 19.9 Å². The summed E-state index contributed by atoms with van der Waals surface area (Å²) >= 11 is 1.85. The summed E-state index contributed by atoms with van der Waals surface area (Å²) in [4.78, 5) is 33.5. The normalized spacial score (nSPS) is 26.5. The maximum atomic E-state index is 12.6. The molecule has 13 heteroatoms. The summed E-state index contributed by atoms with van der Waals surface area (Å²) in [6.07, 6.45) is 2.85. The monoisotopic (exact) mass is 569 g/mol. The molecule has 4 aliphatic rings. The van der Waals surface area contributed by atoms with E-state index in [1.807, 2.05) is 28.5 Å². The van der Waals surface area contributed by atoms with Crippen molar-refractivity contribution in [3.05, 3.63) is 0 Å². The topological polar surface area (TPSA) is 68.4 Å². The Morgan fingerprint density at radius 3 is 2.03 bits per heavy atom. The fourth-order valence-corrected chi connectivity index (χ4v) is 6.04. The smallest absolute Gasteiger partial charge is 0.409 e. The third-order valence-electron chi connectivity index (χ3n) is 6.84. The van der Waals surface area contributed by atoms with E-state index in [1.54, 1.807) is 0 Å². The lowest BCUT2D eigenvalue weighted by Crippen LogP contribution is -2.55. The van der Waals surface area contributed by atoms with Crippen molar-refractivity contribution in [2.45, 2.75) is 44.3 Å². The van der Waals surface area contributed by atoms with E-state index in [1.165, 1.54) is 0 Å². The first-order valence-electron chi connectivity index (χ1n) is 11.2. The summed E-state index contributed by atoms with van der Waals surface area (Å²) in [5, 5.41) is 3.48. The zero-order valence-corrected chi connectivity index (χ0v) is 23.3. The Morgan fingerprint density at radius 1 is 0.879 bits per heavy atom. The first kappa shape index (κ1) is 33.1. The predicted molar refractivity (Wildman–Crippen MR) is 143 cm³/mol. The molecule has 0 aliphatic carbocycles. The number of likely N-dealkylation sites (tertiary alicyclic amines) is 1. The summed E-state index contributed by atoms with van der Waals surface area (Å²) in [5.74, 6) is 2.22. The number of piperazine rings is 1. The summed E-state index contributed by atoms with van der Waals surface area (Å²) in [7, 11) is 0. The van der Waals surface area contributed by atoms with Crippen LogP contribution in [0.15, 0.2) is 0 Å². The first-order chi connectivity index (χ1) is 14.2. The molecular formula is C20H39Cl4N5O3S. The standard InChI is InChI=1S/C20H35N5O3S.4ClH/c1-2-28-20(27)24-5-3-16(4-6-24)22-7-9-23(10-8-22)17-13-18(21-14-17)19(26)25-11-12-29-15-25;;;;/h16-18,21H,2-15H2,1H3;4*1H/t17-,18-;;;;/m0..../s1.